The van der Waals surface area contributed by atoms with Gasteiger partial charge in [0.05, 0.1) is 11.1 Å². The van der Waals surface area contributed by atoms with Gasteiger partial charge in [0.15, 0.2) is 5.16 Å². The molecular formula is C28H23N3O2S2. The van der Waals surface area contributed by atoms with Gasteiger partial charge in [-0.25, -0.2) is 4.98 Å². The molecule has 2 heterocycles. The van der Waals surface area contributed by atoms with Crippen molar-refractivity contribution < 1.29 is 4.79 Å². The molecule has 2 aromatic heterocycles. The van der Waals surface area contributed by atoms with Crippen molar-refractivity contribution in [1.82, 2.24) is 9.55 Å². The Hall–Kier alpha value is -3.68. The Labute approximate surface area is 211 Å². The van der Waals surface area contributed by atoms with Crippen LogP contribution in [0.4, 0.5) is 5.69 Å². The third kappa shape index (κ3) is 5.37. The van der Waals surface area contributed by atoms with Crippen LogP contribution in [0.25, 0.3) is 21.3 Å². The Morgan fingerprint density at radius 2 is 1.57 bits per heavy atom. The summed E-state index contributed by atoms with van der Waals surface area (Å²) in [5.41, 5.74) is 3.71. The topological polar surface area (TPSA) is 64.0 Å². The Bertz CT molecular complexity index is 1500. The lowest BCUT2D eigenvalue weighted by Crippen LogP contribution is -2.25. The number of thiophene rings is 1. The Kier molecular flexibility index (Phi) is 7.07. The molecule has 0 bridgehead atoms. The Morgan fingerprint density at radius 3 is 2.29 bits per heavy atom. The average Bonchev–Trinajstić information content (AvgIpc) is 3.33. The molecule has 0 saturated carbocycles. The molecule has 0 atom stereocenters. The molecule has 1 amide bonds. The first-order valence-corrected chi connectivity index (χ1v) is 13.1. The van der Waals surface area contributed by atoms with E-state index in [1.54, 1.807) is 4.57 Å². The van der Waals surface area contributed by atoms with Crippen LogP contribution in [0.5, 0.6) is 0 Å². The zero-order valence-corrected chi connectivity index (χ0v) is 20.5. The molecule has 3 aromatic carbocycles. The number of carbonyl (C=O) groups is 1. The number of carbonyl (C=O) groups excluding carboxylic acids is 1. The number of aromatic nitrogens is 2. The van der Waals surface area contributed by atoms with Crippen LogP contribution < -0.4 is 10.9 Å². The van der Waals surface area contributed by atoms with Crippen LogP contribution in [0.1, 0.15) is 5.56 Å². The molecule has 0 aliphatic heterocycles. The van der Waals surface area contributed by atoms with E-state index in [0.29, 0.717) is 28.3 Å². The van der Waals surface area contributed by atoms with Crippen LogP contribution >= 0.6 is 23.1 Å². The van der Waals surface area contributed by atoms with E-state index in [0.717, 1.165) is 22.4 Å². The molecule has 35 heavy (non-hydrogen) atoms. The lowest BCUT2D eigenvalue weighted by molar-refractivity contribution is -0.113. The average molecular weight is 498 g/mol. The molecule has 7 heteroatoms. The fourth-order valence-electron chi connectivity index (χ4n) is 3.88. The minimum Gasteiger partial charge on any atom is -0.325 e. The summed E-state index contributed by atoms with van der Waals surface area (Å²) < 4.78 is 1.72. The smallest absolute Gasteiger partial charge is 0.263 e. The van der Waals surface area contributed by atoms with Crippen molar-refractivity contribution in [3.63, 3.8) is 0 Å². The van der Waals surface area contributed by atoms with Gasteiger partial charge in [-0.1, -0.05) is 90.6 Å². The van der Waals surface area contributed by atoms with E-state index in [1.165, 1.54) is 23.1 Å². The zero-order valence-electron chi connectivity index (χ0n) is 18.9. The van der Waals surface area contributed by atoms with E-state index in [9.17, 15) is 9.59 Å². The van der Waals surface area contributed by atoms with Gasteiger partial charge in [-0.3, -0.25) is 14.2 Å². The van der Waals surface area contributed by atoms with Gasteiger partial charge in [-0.05, 0) is 29.7 Å². The molecule has 0 aliphatic rings. The molecule has 5 rings (SSSR count). The van der Waals surface area contributed by atoms with Crippen LogP contribution in [0, 0.1) is 0 Å². The number of para-hydroxylation sites is 1. The van der Waals surface area contributed by atoms with E-state index in [-0.39, 0.29) is 17.2 Å². The Balaban J connectivity index is 1.47. The molecule has 174 valence electrons. The standard InChI is InChI=1S/C28H23N3O2S2/c32-24(29-22-14-8-3-9-15-22)19-35-28-30-26-25(23(18-34-26)21-12-6-2-7-13-21)27(33)31(28)17-16-20-10-4-1-5-11-20/h1-15,18H,16-17,19H2,(H,29,32). The van der Waals surface area contributed by atoms with Crippen LogP contribution in [0.3, 0.4) is 0 Å². The van der Waals surface area contributed by atoms with Gasteiger partial charge in [0.2, 0.25) is 5.91 Å². The SMILES string of the molecule is O=C(CSc1nc2scc(-c3ccccc3)c2c(=O)n1CCc1ccccc1)Nc1ccccc1. The van der Waals surface area contributed by atoms with Gasteiger partial charge >= 0.3 is 0 Å². The van der Waals surface area contributed by atoms with Crippen molar-refractivity contribution >= 4 is 44.9 Å². The summed E-state index contributed by atoms with van der Waals surface area (Å²) in [6.45, 7) is 0.485. The quantitative estimate of drug-likeness (QED) is 0.208. The second kappa shape index (κ2) is 10.7. The van der Waals surface area contributed by atoms with Crippen LogP contribution in [0.2, 0.25) is 0 Å². The number of hydrogen-bond acceptors (Lipinski definition) is 5. The maximum atomic E-state index is 13.8. The highest BCUT2D eigenvalue weighted by Gasteiger charge is 2.18. The summed E-state index contributed by atoms with van der Waals surface area (Å²) in [4.78, 5) is 31.9. The summed E-state index contributed by atoms with van der Waals surface area (Å²) in [5.74, 6) is 0.0241. The molecule has 0 fully saturated rings. The highest BCUT2D eigenvalue weighted by atomic mass is 32.2. The van der Waals surface area contributed by atoms with Crippen molar-refractivity contribution in [1.29, 1.82) is 0 Å². The number of rotatable bonds is 8. The fraction of sp³-hybridized carbons (Fsp3) is 0.107. The lowest BCUT2D eigenvalue weighted by atomic mass is 10.1. The first-order chi connectivity index (χ1) is 17.2. The first-order valence-electron chi connectivity index (χ1n) is 11.3. The van der Waals surface area contributed by atoms with Gasteiger partial charge in [-0.15, -0.1) is 11.3 Å². The van der Waals surface area contributed by atoms with E-state index in [1.807, 2.05) is 84.2 Å². The zero-order chi connectivity index (χ0) is 24.0. The lowest BCUT2D eigenvalue weighted by Gasteiger charge is -2.13. The maximum absolute atomic E-state index is 13.8. The summed E-state index contributed by atoms with van der Waals surface area (Å²) in [6.07, 6.45) is 0.697. The van der Waals surface area contributed by atoms with Gasteiger partial charge in [0.25, 0.3) is 5.56 Å². The summed E-state index contributed by atoms with van der Waals surface area (Å²) in [7, 11) is 0. The van der Waals surface area contributed by atoms with E-state index >= 15 is 0 Å². The summed E-state index contributed by atoms with van der Waals surface area (Å²) >= 11 is 2.75. The molecule has 0 unspecified atom stereocenters. The van der Waals surface area contributed by atoms with Gasteiger partial charge in [-0.2, -0.15) is 0 Å². The second-order valence-electron chi connectivity index (χ2n) is 7.99. The number of hydrogen-bond donors (Lipinski definition) is 1. The van der Waals surface area contributed by atoms with Crippen molar-refractivity contribution in [2.75, 3.05) is 11.1 Å². The first kappa shape index (κ1) is 23.1. The number of nitrogens with one attached hydrogen (secondary N) is 1. The van der Waals surface area contributed by atoms with Crippen molar-refractivity contribution in [2.24, 2.45) is 0 Å². The third-order valence-electron chi connectivity index (χ3n) is 5.60. The van der Waals surface area contributed by atoms with Crippen LogP contribution in [-0.4, -0.2) is 21.2 Å². The summed E-state index contributed by atoms with van der Waals surface area (Å²) in [6, 6.07) is 29.3. The molecule has 0 spiro atoms. The van der Waals surface area contributed by atoms with Crippen LogP contribution in [0.15, 0.2) is 106 Å². The number of amides is 1. The summed E-state index contributed by atoms with van der Waals surface area (Å²) in [5, 5.41) is 6.08. The van der Waals surface area contributed by atoms with Crippen molar-refractivity contribution in [3.8, 4) is 11.1 Å². The van der Waals surface area contributed by atoms with Gasteiger partial charge in [0, 0.05) is 23.2 Å². The molecule has 0 radical (unpaired) electrons. The highest BCUT2D eigenvalue weighted by Crippen LogP contribution is 2.32. The Morgan fingerprint density at radius 1 is 0.914 bits per heavy atom. The maximum Gasteiger partial charge on any atom is 0.263 e. The second-order valence-corrected chi connectivity index (χ2v) is 9.79. The van der Waals surface area contributed by atoms with Gasteiger partial charge in [0.1, 0.15) is 4.83 Å². The van der Waals surface area contributed by atoms with Crippen LogP contribution in [-0.2, 0) is 17.8 Å². The number of benzene rings is 3. The fourth-order valence-corrected chi connectivity index (χ4v) is 5.69. The number of anilines is 1. The molecule has 1 N–H and O–H groups in total. The molecule has 0 saturated heterocycles. The molecular weight excluding hydrogens is 474 g/mol. The predicted molar refractivity (Wildman–Crippen MR) is 145 cm³/mol. The molecule has 5 aromatic rings. The highest BCUT2D eigenvalue weighted by molar-refractivity contribution is 7.99. The third-order valence-corrected chi connectivity index (χ3v) is 7.45. The largest absolute Gasteiger partial charge is 0.325 e. The van der Waals surface area contributed by atoms with Crippen molar-refractivity contribution in [3.05, 3.63) is 112 Å². The molecule has 0 aliphatic carbocycles. The predicted octanol–water partition coefficient (Wildman–Crippen LogP) is 6.10. The van der Waals surface area contributed by atoms with Crippen molar-refractivity contribution in [2.45, 2.75) is 18.1 Å². The van der Waals surface area contributed by atoms with E-state index in [4.69, 9.17) is 4.98 Å². The number of aryl methyl sites for hydroxylation is 1. The van der Waals surface area contributed by atoms with Gasteiger partial charge < -0.3 is 5.32 Å². The molecule has 5 nitrogen and oxygen atoms in total. The number of thioether (sulfide) groups is 1. The minimum absolute atomic E-state index is 0.0722. The number of nitrogens with zero attached hydrogens (tertiary/aromatic N) is 2. The monoisotopic (exact) mass is 497 g/mol. The van der Waals surface area contributed by atoms with E-state index < -0.39 is 0 Å². The number of fused-ring (bicyclic) bond motifs is 1. The minimum atomic E-state index is -0.138. The normalized spacial score (nSPS) is 11.0. The van der Waals surface area contributed by atoms with E-state index in [2.05, 4.69) is 17.4 Å².